The third kappa shape index (κ3) is 3.09. The van der Waals surface area contributed by atoms with Crippen molar-refractivity contribution in [3.8, 4) is 0 Å². The highest BCUT2D eigenvalue weighted by Crippen LogP contribution is 2.40. The maximum Gasteiger partial charge on any atom is 0.245 e. The second-order valence-electron chi connectivity index (χ2n) is 8.85. The van der Waals surface area contributed by atoms with Gasteiger partial charge in [-0.1, -0.05) is 0 Å². The summed E-state index contributed by atoms with van der Waals surface area (Å²) in [6.07, 6.45) is 8.94. The lowest BCUT2D eigenvalue weighted by atomic mass is 9.72. The lowest BCUT2D eigenvalue weighted by Gasteiger charge is -2.54. The van der Waals surface area contributed by atoms with E-state index < -0.39 is 0 Å². The third-order valence-electron chi connectivity index (χ3n) is 7.33. The molecule has 2 bridgehead atoms. The highest BCUT2D eigenvalue weighted by Gasteiger charge is 2.51. The molecule has 1 aromatic heterocycles. The molecule has 4 aliphatic heterocycles. The van der Waals surface area contributed by atoms with Gasteiger partial charge in [0.1, 0.15) is 12.4 Å². The average Bonchev–Trinajstić information content (AvgIpc) is 2.75. The largest absolute Gasteiger partial charge is 0.341 e. The molecule has 0 aliphatic carbocycles. The van der Waals surface area contributed by atoms with Gasteiger partial charge in [-0.15, -0.1) is 0 Å². The monoisotopic (exact) mass is 383 g/mol. The van der Waals surface area contributed by atoms with Gasteiger partial charge < -0.3 is 15.1 Å². The van der Waals surface area contributed by atoms with Gasteiger partial charge >= 0.3 is 0 Å². The lowest BCUT2D eigenvalue weighted by molar-refractivity contribution is -0.162. The number of amides is 2. The fourth-order valence-electron chi connectivity index (χ4n) is 5.96. The molecule has 1 N–H and O–H groups in total. The van der Waals surface area contributed by atoms with Crippen LogP contribution in [0.1, 0.15) is 50.1 Å². The third-order valence-corrected chi connectivity index (χ3v) is 7.33. The van der Waals surface area contributed by atoms with E-state index in [9.17, 15) is 9.59 Å². The molecule has 0 aromatic carbocycles. The Labute approximate surface area is 165 Å². The fraction of sp³-hybridized carbons (Fsp3) is 0.714. The molecular formula is C21H29N5O2. The Morgan fingerprint density at radius 2 is 1.96 bits per heavy atom. The summed E-state index contributed by atoms with van der Waals surface area (Å²) in [6, 6.07) is 1.96. The minimum Gasteiger partial charge on any atom is -0.341 e. The van der Waals surface area contributed by atoms with Crippen LogP contribution in [0.4, 0.5) is 0 Å². The van der Waals surface area contributed by atoms with Crippen molar-refractivity contribution in [3.05, 3.63) is 24.3 Å². The molecule has 28 heavy (non-hydrogen) atoms. The molecule has 4 saturated heterocycles. The maximum atomic E-state index is 13.6. The van der Waals surface area contributed by atoms with Gasteiger partial charge in [0.2, 0.25) is 11.8 Å². The molecule has 0 spiro atoms. The van der Waals surface area contributed by atoms with Gasteiger partial charge in [0.05, 0.1) is 0 Å². The number of nitrogens with zero attached hydrogens (tertiary/aromatic N) is 4. The highest BCUT2D eigenvalue weighted by molar-refractivity contribution is 5.89. The normalized spacial score (nSPS) is 33.5. The molecule has 0 saturated carbocycles. The molecule has 1 aromatic rings. The van der Waals surface area contributed by atoms with Crippen molar-refractivity contribution in [1.82, 2.24) is 25.1 Å². The molecule has 4 fully saturated rings. The first kappa shape index (κ1) is 18.0. The van der Waals surface area contributed by atoms with E-state index in [1.807, 2.05) is 15.9 Å². The number of carbonyl (C=O) groups excluding carboxylic acids is 2. The maximum absolute atomic E-state index is 13.6. The van der Waals surface area contributed by atoms with Gasteiger partial charge in [0, 0.05) is 55.8 Å². The van der Waals surface area contributed by atoms with Crippen LogP contribution in [0.3, 0.4) is 0 Å². The van der Waals surface area contributed by atoms with Crippen LogP contribution in [0.5, 0.6) is 0 Å². The number of nitrogens with one attached hydrogen (secondary N) is 1. The van der Waals surface area contributed by atoms with Crippen molar-refractivity contribution in [1.29, 1.82) is 0 Å². The Kier molecular flexibility index (Phi) is 4.78. The van der Waals surface area contributed by atoms with E-state index >= 15 is 0 Å². The van der Waals surface area contributed by atoms with E-state index in [2.05, 4.69) is 15.3 Å². The van der Waals surface area contributed by atoms with Crippen LogP contribution in [-0.4, -0.2) is 69.8 Å². The Hall–Kier alpha value is -2.02. The smallest absolute Gasteiger partial charge is 0.245 e. The number of fused-ring (bicyclic) bond motifs is 4. The quantitative estimate of drug-likeness (QED) is 0.830. The molecular weight excluding hydrogens is 354 g/mol. The van der Waals surface area contributed by atoms with Crippen LogP contribution in [0.25, 0.3) is 0 Å². The van der Waals surface area contributed by atoms with Crippen LogP contribution >= 0.6 is 0 Å². The number of hydrogen-bond donors (Lipinski definition) is 1. The lowest BCUT2D eigenvalue weighted by Crippen LogP contribution is -2.68. The first-order valence-corrected chi connectivity index (χ1v) is 10.8. The Morgan fingerprint density at radius 3 is 2.75 bits per heavy atom. The van der Waals surface area contributed by atoms with Crippen molar-refractivity contribution in [2.75, 3.05) is 26.2 Å². The molecule has 5 rings (SSSR count). The predicted octanol–water partition coefficient (Wildman–Crippen LogP) is 1.17. The Balaban J connectivity index is 1.32. The van der Waals surface area contributed by atoms with Crippen LogP contribution in [-0.2, 0) is 9.59 Å². The van der Waals surface area contributed by atoms with Crippen molar-refractivity contribution < 1.29 is 9.59 Å². The highest BCUT2D eigenvalue weighted by atomic mass is 16.2. The summed E-state index contributed by atoms with van der Waals surface area (Å²) < 4.78 is 0. The van der Waals surface area contributed by atoms with E-state index in [1.165, 1.54) is 0 Å². The summed E-state index contributed by atoms with van der Waals surface area (Å²) in [5.74, 6) is 1.53. The summed E-state index contributed by atoms with van der Waals surface area (Å²) in [6.45, 7) is 3.33. The Morgan fingerprint density at radius 1 is 1.14 bits per heavy atom. The number of likely N-dealkylation sites (tertiary alicyclic amines) is 1. The van der Waals surface area contributed by atoms with Crippen molar-refractivity contribution in [2.45, 2.75) is 56.5 Å². The second-order valence-corrected chi connectivity index (χ2v) is 8.85. The molecule has 2 amide bonds. The first-order valence-electron chi connectivity index (χ1n) is 10.8. The van der Waals surface area contributed by atoms with Gasteiger partial charge in [-0.05, 0) is 50.6 Å². The van der Waals surface area contributed by atoms with Gasteiger partial charge in [-0.3, -0.25) is 9.59 Å². The molecule has 0 unspecified atom stereocenters. The average molecular weight is 383 g/mol. The Bertz CT molecular complexity index is 734. The topological polar surface area (TPSA) is 78.4 Å². The van der Waals surface area contributed by atoms with Crippen molar-refractivity contribution >= 4 is 11.8 Å². The van der Waals surface area contributed by atoms with E-state index in [0.717, 1.165) is 64.0 Å². The number of carbonyl (C=O) groups is 2. The summed E-state index contributed by atoms with van der Waals surface area (Å²) in [5, 5.41) is 3.53. The van der Waals surface area contributed by atoms with E-state index in [4.69, 9.17) is 0 Å². The van der Waals surface area contributed by atoms with Gasteiger partial charge in [-0.2, -0.15) is 0 Å². The van der Waals surface area contributed by atoms with Crippen LogP contribution in [0.2, 0.25) is 0 Å². The van der Waals surface area contributed by atoms with E-state index in [-0.39, 0.29) is 29.8 Å². The minimum atomic E-state index is -0.266. The van der Waals surface area contributed by atoms with E-state index in [1.54, 1.807) is 12.5 Å². The zero-order chi connectivity index (χ0) is 19.1. The van der Waals surface area contributed by atoms with Crippen molar-refractivity contribution in [3.63, 3.8) is 0 Å². The van der Waals surface area contributed by atoms with Gasteiger partial charge in [0.15, 0.2) is 0 Å². The van der Waals surface area contributed by atoms with Gasteiger partial charge in [0.25, 0.3) is 0 Å². The number of aromatic nitrogens is 2. The predicted molar refractivity (Wildman–Crippen MR) is 103 cm³/mol. The molecule has 7 nitrogen and oxygen atoms in total. The number of hydrogen-bond acceptors (Lipinski definition) is 5. The second kappa shape index (κ2) is 7.43. The number of piperidine rings is 4. The summed E-state index contributed by atoms with van der Waals surface area (Å²) in [4.78, 5) is 38.8. The minimum absolute atomic E-state index is 0.175. The molecule has 0 radical (unpaired) electrons. The zero-order valence-corrected chi connectivity index (χ0v) is 16.3. The molecule has 4 aliphatic rings. The molecule has 150 valence electrons. The summed E-state index contributed by atoms with van der Waals surface area (Å²) in [5.41, 5.74) is 1.07. The fourth-order valence-corrected chi connectivity index (χ4v) is 5.96. The standard InChI is InChI=1S/C21H29N5O2/c27-19-3-1-2-18-15-10-16(12-23-11-15)20(26(18)19)21(28)25-8-5-14(6-9-25)17-4-7-22-13-24-17/h4,7,13-16,18,20,23H,1-3,5-6,8-12H2/t15-,16+,18+,20-/m1/s1. The summed E-state index contributed by atoms with van der Waals surface area (Å²) in [7, 11) is 0. The first-order chi connectivity index (χ1) is 13.7. The van der Waals surface area contributed by atoms with Gasteiger partial charge in [-0.25, -0.2) is 9.97 Å². The molecule has 7 heteroatoms. The van der Waals surface area contributed by atoms with Crippen LogP contribution in [0.15, 0.2) is 18.6 Å². The SMILES string of the molecule is O=C([C@H]1[C@@H]2CNC[C@@H](C2)[C@@H]2CCCC(=O)N21)N1CCC(c2ccncn2)CC1. The number of rotatable bonds is 2. The molecule has 4 atom stereocenters. The summed E-state index contributed by atoms with van der Waals surface area (Å²) >= 11 is 0. The van der Waals surface area contributed by atoms with Crippen LogP contribution in [0, 0.1) is 11.8 Å². The van der Waals surface area contributed by atoms with Crippen LogP contribution < -0.4 is 5.32 Å². The molecule has 5 heterocycles. The zero-order valence-electron chi connectivity index (χ0n) is 16.3. The van der Waals surface area contributed by atoms with Crippen molar-refractivity contribution in [2.24, 2.45) is 11.8 Å². The van der Waals surface area contributed by atoms with E-state index in [0.29, 0.717) is 18.3 Å².